The highest BCUT2D eigenvalue weighted by atomic mass is 19.1. The standard InChI is InChI=1S/C16H25F2N/c1-4-10-19-12-16(5-2,6-3)11-13-14(17)8-7-9-15(13)18/h7-9,19H,4-6,10-12H2,1-3H3. The molecule has 1 aromatic carbocycles. The normalized spacial score (nSPS) is 11.8. The van der Waals surface area contributed by atoms with Crippen molar-refractivity contribution in [3.05, 3.63) is 35.4 Å². The predicted octanol–water partition coefficient (Wildman–Crippen LogP) is 4.31. The minimum absolute atomic E-state index is 0.0712. The smallest absolute Gasteiger partial charge is 0.129 e. The second-order valence-corrected chi connectivity index (χ2v) is 5.26. The number of hydrogen-bond donors (Lipinski definition) is 1. The maximum Gasteiger partial charge on any atom is 0.129 e. The summed E-state index contributed by atoms with van der Waals surface area (Å²) in [5, 5.41) is 3.39. The van der Waals surface area contributed by atoms with E-state index in [0.717, 1.165) is 32.4 Å². The quantitative estimate of drug-likeness (QED) is 0.693. The molecule has 1 nitrogen and oxygen atoms in total. The van der Waals surface area contributed by atoms with Gasteiger partial charge in [0.15, 0.2) is 0 Å². The summed E-state index contributed by atoms with van der Waals surface area (Å²) in [5.41, 5.74) is 0.155. The minimum Gasteiger partial charge on any atom is -0.316 e. The molecule has 0 aliphatic carbocycles. The summed E-state index contributed by atoms with van der Waals surface area (Å²) in [6.07, 6.45) is 3.34. The van der Waals surface area contributed by atoms with Gasteiger partial charge in [0.05, 0.1) is 0 Å². The molecule has 0 radical (unpaired) electrons. The van der Waals surface area contributed by atoms with Crippen LogP contribution in [0.2, 0.25) is 0 Å². The van der Waals surface area contributed by atoms with Crippen molar-refractivity contribution < 1.29 is 8.78 Å². The molecule has 0 saturated carbocycles. The number of hydrogen-bond acceptors (Lipinski definition) is 1. The Morgan fingerprint density at radius 2 is 1.63 bits per heavy atom. The van der Waals surface area contributed by atoms with Crippen molar-refractivity contribution in [3.8, 4) is 0 Å². The van der Waals surface area contributed by atoms with Crippen molar-refractivity contribution in [2.75, 3.05) is 13.1 Å². The van der Waals surface area contributed by atoms with E-state index in [4.69, 9.17) is 0 Å². The van der Waals surface area contributed by atoms with Crippen molar-refractivity contribution in [1.29, 1.82) is 0 Å². The first-order chi connectivity index (χ1) is 9.08. The van der Waals surface area contributed by atoms with Gasteiger partial charge in [0.2, 0.25) is 0 Å². The average molecular weight is 269 g/mol. The molecule has 1 rings (SSSR count). The third-order valence-corrected chi connectivity index (χ3v) is 4.04. The van der Waals surface area contributed by atoms with E-state index in [1.807, 2.05) is 0 Å². The van der Waals surface area contributed by atoms with Gasteiger partial charge in [-0.15, -0.1) is 0 Å². The van der Waals surface area contributed by atoms with Gasteiger partial charge >= 0.3 is 0 Å². The van der Waals surface area contributed by atoms with Crippen LogP contribution in [0.4, 0.5) is 8.78 Å². The minimum atomic E-state index is -0.429. The van der Waals surface area contributed by atoms with Gasteiger partial charge in [-0.3, -0.25) is 0 Å². The number of benzene rings is 1. The van der Waals surface area contributed by atoms with Crippen molar-refractivity contribution in [1.82, 2.24) is 5.32 Å². The van der Waals surface area contributed by atoms with Crippen LogP contribution in [0.15, 0.2) is 18.2 Å². The van der Waals surface area contributed by atoms with Crippen LogP contribution in [0.5, 0.6) is 0 Å². The van der Waals surface area contributed by atoms with Crippen LogP contribution in [0.1, 0.15) is 45.6 Å². The van der Waals surface area contributed by atoms with Crippen molar-refractivity contribution in [2.45, 2.75) is 46.5 Å². The molecule has 0 atom stereocenters. The molecule has 19 heavy (non-hydrogen) atoms. The fourth-order valence-electron chi connectivity index (χ4n) is 2.42. The molecule has 0 aliphatic heterocycles. The molecule has 0 amide bonds. The van der Waals surface area contributed by atoms with E-state index in [-0.39, 0.29) is 11.0 Å². The number of halogens is 2. The maximum atomic E-state index is 13.8. The number of rotatable bonds is 8. The summed E-state index contributed by atoms with van der Waals surface area (Å²) in [4.78, 5) is 0. The lowest BCUT2D eigenvalue weighted by Crippen LogP contribution is -2.36. The molecule has 108 valence electrons. The van der Waals surface area contributed by atoms with Crippen LogP contribution in [-0.4, -0.2) is 13.1 Å². The Morgan fingerprint density at radius 1 is 1.05 bits per heavy atom. The lowest BCUT2D eigenvalue weighted by atomic mass is 9.76. The molecular weight excluding hydrogens is 244 g/mol. The van der Waals surface area contributed by atoms with Crippen molar-refractivity contribution >= 4 is 0 Å². The Labute approximate surface area is 115 Å². The SMILES string of the molecule is CCCNCC(CC)(CC)Cc1c(F)cccc1F. The molecule has 0 heterocycles. The summed E-state index contributed by atoms with van der Waals surface area (Å²) < 4.78 is 27.6. The van der Waals surface area contributed by atoms with Gasteiger partial charge in [-0.25, -0.2) is 8.78 Å². The average Bonchev–Trinajstić information content (AvgIpc) is 2.41. The topological polar surface area (TPSA) is 12.0 Å². The van der Waals surface area contributed by atoms with Crippen LogP contribution < -0.4 is 5.32 Å². The molecule has 0 fully saturated rings. The zero-order valence-corrected chi connectivity index (χ0v) is 12.2. The zero-order valence-electron chi connectivity index (χ0n) is 12.2. The molecule has 3 heteroatoms. The second kappa shape index (κ2) is 7.59. The third kappa shape index (κ3) is 4.27. The van der Waals surface area contributed by atoms with Gasteiger partial charge in [-0.1, -0.05) is 26.8 Å². The van der Waals surface area contributed by atoms with E-state index in [1.165, 1.54) is 18.2 Å². The molecule has 0 unspecified atom stereocenters. The molecule has 0 spiro atoms. The zero-order chi connectivity index (χ0) is 14.3. The fraction of sp³-hybridized carbons (Fsp3) is 0.625. The summed E-state index contributed by atoms with van der Waals surface area (Å²) >= 11 is 0. The second-order valence-electron chi connectivity index (χ2n) is 5.26. The highest BCUT2D eigenvalue weighted by molar-refractivity contribution is 5.21. The van der Waals surface area contributed by atoms with Gasteiger partial charge in [-0.2, -0.15) is 0 Å². The van der Waals surface area contributed by atoms with E-state index >= 15 is 0 Å². The van der Waals surface area contributed by atoms with Gasteiger partial charge in [0.25, 0.3) is 0 Å². The van der Waals surface area contributed by atoms with E-state index in [9.17, 15) is 8.78 Å². The summed E-state index contributed by atoms with van der Waals surface area (Å²) in [6, 6.07) is 4.10. The lowest BCUT2D eigenvalue weighted by Gasteiger charge is -2.32. The summed E-state index contributed by atoms with van der Waals surface area (Å²) in [6.45, 7) is 8.05. The highest BCUT2D eigenvalue weighted by Crippen LogP contribution is 2.32. The number of nitrogens with one attached hydrogen (secondary N) is 1. The lowest BCUT2D eigenvalue weighted by molar-refractivity contribution is 0.241. The molecule has 1 N–H and O–H groups in total. The molecular formula is C16H25F2N. The van der Waals surface area contributed by atoms with Gasteiger partial charge < -0.3 is 5.32 Å². The first-order valence-corrected chi connectivity index (χ1v) is 7.22. The maximum absolute atomic E-state index is 13.8. The van der Waals surface area contributed by atoms with E-state index in [2.05, 4.69) is 26.1 Å². The largest absolute Gasteiger partial charge is 0.316 e. The summed E-state index contributed by atoms with van der Waals surface area (Å²) in [7, 11) is 0. The van der Waals surface area contributed by atoms with Crippen LogP contribution in [-0.2, 0) is 6.42 Å². The molecule has 0 bridgehead atoms. The third-order valence-electron chi connectivity index (χ3n) is 4.04. The fourth-order valence-corrected chi connectivity index (χ4v) is 2.42. The van der Waals surface area contributed by atoms with E-state index < -0.39 is 11.6 Å². The van der Waals surface area contributed by atoms with E-state index in [0.29, 0.717) is 6.42 Å². The summed E-state index contributed by atoms with van der Waals surface area (Å²) in [5.74, 6) is -0.858. The molecule has 0 aromatic heterocycles. The molecule has 0 saturated heterocycles. The highest BCUT2D eigenvalue weighted by Gasteiger charge is 2.28. The van der Waals surface area contributed by atoms with E-state index in [1.54, 1.807) is 0 Å². The van der Waals surface area contributed by atoms with Crippen LogP contribution in [0.25, 0.3) is 0 Å². The van der Waals surface area contributed by atoms with Crippen LogP contribution in [0.3, 0.4) is 0 Å². The van der Waals surface area contributed by atoms with Crippen LogP contribution in [0, 0.1) is 17.0 Å². The Hall–Kier alpha value is -0.960. The predicted molar refractivity (Wildman–Crippen MR) is 76.2 cm³/mol. The monoisotopic (exact) mass is 269 g/mol. The Bertz CT molecular complexity index is 366. The molecule has 0 aliphatic rings. The Morgan fingerprint density at radius 3 is 2.11 bits per heavy atom. The van der Waals surface area contributed by atoms with Gasteiger partial charge in [0.1, 0.15) is 11.6 Å². The van der Waals surface area contributed by atoms with Crippen molar-refractivity contribution in [2.24, 2.45) is 5.41 Å². The van der Waals surface area contributed by atoms with Gasteiger partial charge in [0, 0.05) is 12.1 Å². The molecule has 1 aromatic rings. The van der Waals surface area contributed by atoms with Crippen LogP contribution >= 0.6 is 0 Å². The first-order valence-electron chi connectivity index (χ1n) is 7.22. The Kier molecular flexibility index (Phi) is 6.43. The Balaban J connectivity index is 2.88. The first kappa shape index (κ1) is 16.1. The van der Waals surface area contributed by atoms with Gasteiger partial charge in [-0.05, 0) is 49.8 Å². The van der Waals surface area contributed by atoms with Crippen molar-refractivity contribution in [3.63, 3.8) is 0 Å².